The highest BCUT2D eigenvalue weighted by atomic mass is 16.7. The lowest BCUT2D eigenvalue weighted by Crippen LogP contribution is -2.30. The molecule has 0 radical (unpaired) electrons. The molecule has 20 nitrogen and oxygen atoms in total. The molecule has 0 aliphatic heterocycles. The quantitative estimate of drug-likeness (QED) is 0.0207. The van der Waals surface area contributed by atoms with Gasteiger partial charge in [0.1, 0.15) is 34.1 Å². The molecule has 0 N–H and O–H groups in total. The monoisotopic (exact) mass is 988 g/mol. The molecule has 1 saturated carbocycles. The Morgan fingerprint density at radius 2 is 0.764 bits per heavy atom. The lowest BCUT2D eigenvalue weighted by molar-refractivity contribution is -0.147. The molecule has 0 saturated heterocycles. The summed E-state index contributed by atoms with van der Waals surface area (Å²) in [5.74, 6) is -10.5. The summed E-state index contributed by atoms with van der Waals surface area (Å²) in [6, 6.07) is 17.4. The van der Waals surface area contributed by atoms with Crippen molar-refractivity contribution in [1.82, 2.24) is 0 Å². The van der Waals surface area contributed by atoms with Gasteiger partial charge in [-0.2, -0.15) is 0 Å². The van der Waals surface area contributed by atoms with E-state index in [9.17, 15) is 47.9 Å². The van der Waals surface area contributed by atoms with Gasteiger partial charge in [0.2, 0.25) is 13.6 Å². The lowest BCUT2D eigenvalue weighted by Gasteiger charge is -2.26. The zero-order valence-corrected chi connectivity index (χ0v) is 38.6. The van der Waals surface area contributed by atoms with E-state index in [1.807, 2.05) is 0 Å². The third kappa shape index (κ3) is 15.3. The summed E-state index contributed by atoms with van der Waals surface area (Å²) in [5.41, 5.74) is -0.590. The molecule has 1 aliphatic rings. The van der Waals surface area contributed by atoms with E-state index in [1.165, 1.54) is 86.6 Å². The summed E-state index contributed by atoms with van der Waals surface area (Å²) in [6.45, 7) is 15.1. The molecule has 1 aliphatic carbocycles. The number of carbonyl (C=O) groups excluding carboxylic acids is 10. The van der Waals surface area contributed by atoms with Crippen LogP contribution in [-0.2, 0) is 47.6 Å². The summed E-state index contributed by atoms with van der Waals surface area (Å²) in [6.07, 6.45) is 2.61. The second-order valence-electron chi connectivity index (χ2n) is 15.3. The molecule has 20 heteroatoms. The molecule has 4 aromatic rings. The molecule has 5 rings (SSSR count). The maximum absolute atomic E-state index is 13.4. The average molecular weight is 989 g/mol. The highest BCUT2D eigenvalue weighted by Crippen LogP contribution is 2.34. The molecule has 4 aromatic carbocycles. The standard InChI is InChI=1S/C52H44O20/c1-7-43(53)63-27-65-45(55)31-9-13-35(14-10-31)49(59)71-41-23-21-37(25-39(41)51(61)67-29(3)4)69-47(57)33-17-19-34(20-18-33)48(58)70-38-22-24-42(40(26-38)52(62)68-30(5)6)72-50(60)36-15-11-32(12-16-36)46(56)66-28-64-44(54)8-2/h7-16,21-26,33-34H,1-3,5,17-20,27-28H2,4,6H3. The fourth-order valence-corrected chi connectivity index (χ4v) is 6.40. The van der Waals surface area contributed by atoms with Gasteiger partial charge in [0, 0.05) is 12.2 Å². The van der Waals surface area contributed by atoms with Gasteiger partial charge in [0.15, 0.2) is 0 Å². The van der Waals surface area contributed by atoms with E-state index in [0.29, 0.717) is 0 Å². The van der Waals surface area contributed by atoms with Crippen molar-refractivity contribution in [3.05, 3.63) is 168 Å². The summed E-state index contributed by atoms with van der Waals surface area (Å²) >= 11 is 0. The Morgan fingerprint density at radius 3 is 1.07 bits per heavy atom. The van der Waals surface area contributed by atoms with Gasteiger partial charge in [-0.25, -0.2) is 38.4 Å². The number of ether oxygens (including phenoxy) is 10. The van der Waals surface area contributed by atoms with Crippen molar-refractivity contribution >= 4 is 59.7 Å². The Kier molecular flexibility index (Phi) is 18.7. The topological polar surface area (TPSA) is 263 Å². The zero-order valence-electron chi connectivity index (χ0n) is 38.6. The van der Waals surface area contributed by atoms with Crippen LogP contribution in [0.15, 0.2) is 135 Å². The molecule has 0 amide bonds. The first-order valence-electron chi connectivity index (χ1n) is 21.4. The van der Waals surface area contributed by atoms with E-state index < -0.39 is 85.1 Å². The number of hydrogen-bond donors (Lipinski definition) is 0. The normalized spacial score (nSPS) is 13.5. The van der Waals surface area contributed by atoms with Gasteiger partial charge in [-0.15, -0.1) is 0 Å². The first-order valence-corrected chi connectivity index (χ1v) is 21.4. The van der Waals surface area contributed by atoms with Crippen LogP contribution in [0.5, 0.6) is 23.0 Å². The van der Waals surface area contributed by atoms with Crippen molar-refractivity contribution in [3.8, 4) is 23.0 Å². The molecule has 72 heavy (non-hydrogen) atoms. The Morgan fingerprint density at radius 1 is 0.444 bits per heavy atom. The number of hydrogen-bond acceptors (Lipinski definition) is 20. The predicted molar refractivity (Wildman–Crippen MR) is 246 cm³/mol. The van der Waals surface area contributed by atoms with Crippen molar-refractivity contribution in [1.29, 1.82) is 0 Å². The van der Waals surface area contributed by atoms with Crippen LogP contribution in [0.25, 0.3) is 0 Å². The predicted octanol–water partition coefficient (Wildman–Crippen LogP) is 7.51. The molecule has 0 heterocycles. The van der Waals surface area contributed by atoms with Gasteiger partial charge < -0.3 is 47.4 Å². The van der Waals surface area contributed by atoms with Crippen molar-refractivity contribution in [2.45, 2.75) is 39.5 Å². The fraction of sp³-hybridized carbons (Fsp3) is 0.192. The van der Waals surface area contributed by atoms with Gasteiger partial charge >= 0.3 is 59.7 Å². The van der Waals surface area contributed by atoms with E-state index in [-0.39, 0.29) is 93.6 Å². The molecular weight excluding hydrogens is 945 g/mol. The highest BCUT2D eigenvalue weighted by molar-refractivity contribution is 5.99. The molecular formula is C52H44O20. The second-order valence-corrected chi connectivity index (χ2v) is 15.3. The first-order chi connectivity index (χ1) is 34.3. The maximum Gasteiger partial charge on any atom is 0.347 e. The Labute approximate surface area is 410 Å². The van der Waals surface area contributed by atoms with E-state index in [1.54, 1.807) is 0 Å². The summed E-state index contributed by atoms with van der Waals surface area (Å²) in [7, 11) is 0. The highest BCUT2D eigenvalue weighted by Gasteiger charge is 2.33. The average Bonchev–Trinajstić information content (AvgIpc) is 3.36. The zero-order chi connectivity index (χ0) is 52.5. The van der Waals surface area contributed by atoms with Crippen LogP contribution < -0.4 is 18.9 Å². The summed E-state index contributed by atoms with van der Waals surface area (Å²) in [4.78, 5) is 126. The van der Waals surface area contributed by atoms with E-state index >= 15 is 0 Å². The number of carbonyl (C=O) groups is 10. The second kappa shape index (κ2) is 25.2. The smallest absolute Gasteiger partial charge is 0.347 e. The van der Waals surface area contributed by atoms with Crippen LogP contribution in [0.2, 0.25) is 0 Å². The first kappa shape index (κ1) is 53.5. The minimum absolute atomic E-state index is 0.0115. The van der Waals surface area contributed by atoms with Gasteiger partial charge in [-0.05, 0) is 124 Å². The van der Waals surface area contributed by atoms with Crippen molar-refractivity contribution in [2.75, 3.05) is 13.6 Å². The van der Waals surface area contributed by atoms with Crippen LogP contribution in [-0.4, -0.2) is 73.3 Å². The molecule has 0 aromatic heterocycles. The van der Waals surface area contributed by atoms with Crippen LogP contribution in [0, 0.1) is 11.8 Å². The number of benzene rings is 4. The molecule has 372 valence electrons. The van der Waals surface area contributed by atoms with Gasteiger partial charge in [-0.1, -0.05) is 26.3 Å². The van der Waals surface area contributed by atoms with Crippen molar-refractivity contribution in [3.63, 3.8) is 0 Å². The molecule has 0 unspecified atom stereocenters. The molecule has 0 spiro atoms. The van der Waals surface area contributed by atoms with E-state index in [4.69, 9.17) is 37.9 Å². The Balaban J connectivity index is 1.18. The van der Waals surface area contributed by atoms with Gasteiger partial charge in [0.05, 0.1) is 45.6 Å². The number of rotatable bonds is 20. The SMILES string of the molecule is C=CC(=O)OCOC(=O)c1ccc(C(=O)Oc2ccc(OC(=O)C3CCC(C(=O)Oc4ccc(OC(=O)c5ccc(C(=O)OCOC(=O)C=C)cc5)c(C(=O)OC(=C)C)c4)CC3)cc2C(=O)OC(=C)C)cc1. The fourth-order valence-electron chi connectivity index (χ4n) is 6.40. The van der Waals surface area contributed by atoms with Crippen molar-refractivity contribution in [2.24, 2.45) is 11.8 Å². The Bertz CT molecular complexity index is 2640. The molecule has 0 bridgehead atoms. The minimum Gasteiger partial charge on any atom is -0.428 e. The van der Waals surface area contributed by atoms with Crippen LogP contribution in [0.1, 0.15) is 102 Å². The Hall–Kier alpha value is -9.46. The minimum atomic E-state index is -0.981. The van der Waals surface area contributed by atoms with Crippen LogP contribution >= 0.6 is 0 Å². The molecule has 0 atom stereocenters. The largest absolute Gasteiger partial charge is 0.428 e. The van der Waals surface area contributed by atoms with Gasteiger partial charge in [-0.3, -0.25) is 9.59 Å². The number of allylic oxidation sites excluding steroid dienone is 2. The lowest BCUT2D eigenvalue weighted by atomic mass is 9.82. The summed E-state index contributed by atoms with van der Waals surface area (Å²) < 4.78 is 51.4. The van der Waals surface area contributed by atoms with Crippen molar-refractivity contribution < 1.29 is 95.3 Å². The third-order valence-electron chi connectivity index (χ3n) is 9.94. The van der Waals surface area contributed by atoms with Crippen LogP contribution in [0.3, 0.4) is 0 Å². The maximum atomic E-state index is 13.4. The molecule has 1 fully saturated rings. The summed E-state index contributed by atoms with van der Waals surface area (Å²) in [5, 5.41) is 0. The van der Waals surface area contributed by atoms with Gasteiger partial charge in [0.25, 0.3) is 0 Å². The number of esters is 10. The van der Waals surface area contributed by atoms with Crippen LogP contribution in [0.4, 0.5) is 0 Å². The third-order valence-corrected chi connectivity index (χ3v) is 9.94. The van der Waals surface area contributed by atoms with E-state index in [2.05, 4.69) is 35.8 Å². The van der Waals surface area contributed by atoms with E-state index in [0.717, 1.165) is 24.3 Å².